The molecule has 2 aromatic heterocycles. The fourth-order valence-corrected chi connectivity index (χ4v) is 1.36. The van der Waals surface area contributed by atoms with Crippen LogP contribution < -0.4 is 5.32 Å². The van der Waals surface area contributed by atoms with Crippen LogP contribution in [0.15, 0.2) is 36.8 Å². The maximum Gasteiger partial charge on any atom is 0.335 e. The molecule has 2 rings (SSSR count). The van der Waals surface area contributed by atoms with Crippen LogP contribution in [-0.4, -0.2) is 21.0 Å². The Kier molecular flexibility index (Phi) is 3.00. The van der Waals surface area contributed by atoms with Gasteiger partial charge in [0.25, 0.3) is 0 Å². The van der Waals surface area contributed by atoms with Crippen molar-refractivity contribution in [2.24, 2.45) is 0 Å². The Morgan fingerprint density at radius 2 is 2.18 bits per heavy atom. The number of hydrogen-bond donors (Lipinski definition) is 2. The van der Waals surface area contributed by atoms with E-state index in [0.717, 1.165) is 11.3 Å². The van der Waals surface area contributed by atoms with E-state index in [1.165, 1.54) is 18.3 Å². The molecule has 0 aliphatic heterocycles. The summed E-state index contributed by atoms with van der Waals surface area (Å²) in [7, 11) is 0. The first kappa shape index (κ1) is 11.1. The molecule has 0 bridgehead atoms. The second-order valence-corrected chi connectivity index (χ2v) is 3.55. The summed E-state index contributed by atoms with van der Waals surface area (Å²) in [5.41, 5.74) is 2.02. The summed E-state index contributed by atoms with van der Waals surface area (Å²) < 4.78 is 0. The minimum absolute atomic E-state index is 0.198. The predicted octanol–water partition coefficient (Wildman–Crippen LogP) is 2.23. The summed E-state index contributed by atoms with van der Waals surface area (Å²) in [6, 6.07) is 4.79. The molecule has 5 heteroatoms. The van der Waals surface area contributed by atoms with Gasteiger partial charge >= 0.3 is 5.97 Å². The number of pyridine rings is 2. The molecule has 2 aromatic rings. The molecule has 86 valence electrons. The van der Waals surface area contributed by atoms with Crippen molar-refractivity contribution < 1.29 is 9.90 Å². The van der Waals surface area contributed by atoms with Crippen molar-refractivity contribution in [2.75, 3.05) is 5.32 Å². The number of carboxylic acid groups (broad SMARTS) is 1. The molecule has 0 saturated heterocycles. The van der Waals surface area contributed by atoms with Crippen LogP contribution in [0.25, 0.3) is 0 Å². The number of aryl methyl sites for hydroxylation is 1. The van der Waals surface area contributed by atoms with E-state index in [4.69, 9.17) is 5.11 Å². The smallest absolute Gasteiger partial charge is 0.335 e. The SMILES string of the molecule is Cc1ccncc1Nc1cc(C(=O)O)ccn1. The minimum Gasteiger partial charge on any atom is -0.478 e. The minimum atomic E-state index is -0.974. The van der Waals surface area contributed by atoms with Gasteiger partial charge in [0.2, 0.25) is 0 Å². The predicted molar refractivity (Wildman–Crippen MR) is 63.5 cm³/mol. The Balaban J connectivity index is 2.28. The Morgan fingerprint density at radius 1 is 1.35 bits per heavy atom. The van der Waals surface area contributed by atoms with E-state index < -0.39 is 5.97 Å². The van der Waals surface area contributed by atoms with Gasteiger partial charge in [-0.15, -0.1) is 0 Å². The zero-order valence-corrected chi connectivity index (χ0v) is 9.21. The first-order valence-electron chi connectivity index (χ1n) is 5.04. The Bertz CT molecular complexity index is 555. The Labute approximate surface area is 98.2 Å². The van der Waals surface area contributed by atoms with E-state index in [1.807, 2.05) is 13.0 Å². The normalized spacial score (nSPS) is 9.94. The lowest BCUT2D eigenvalue weighted by Crippen LogP contribution is -2.00. The van der Waals surface area contributed by atoms with Crippen LogP contribution in [0.2, 0.25) is 0 Å². The summed E-state index contributed by atoms with van der Waals surface area (Å²) in [6.07, 6.45) is 4.82. The van der Waals surface area contributed by atoms with Crippen LogP contribution in [0.3, 0.4) is 0 Å². The molecule has 0 unspecified atom stereocenters. The quantitative estimate of drug-likeness (QED) is 0.844. The lowest BCUT2D eigenvalue weighted by molar-refractivity contribution is 0.0697. The highest BCUT2D eigenvalue weighted by Crippen LogP contribution is 2.17. The maximum absolute atomic E-state index is 10.8. The number of hydrogen-bond acceptors (Lipinski definition) is 4. The third-order valence-corrected chi connectivity index (χ3v) is 2.31. The standard InChI is InChI=1S/C12H11N3O2/c1-8-2-4-13-7-10(8)15-11-6-9(12(16)17)3-5-14-11/h2-7H,1H3,(H,14,15)(H,16,17). The molecule has 0 aromatic carbocycles. The van der Waals surface area contributed by atoms with Gasteiger partial charge in [0.05, 0.1) is 17.4 Å². The molecular formula is C12H11N3O2. The first-order chi connectivity index (χ1) is 8.16. The van der Waals surface area contributed by atoms with Crippen LogP contribution in [0.1, 0.15) is 15.9 Å². The molecule has 0 spiro atoms. The molecule has 0 saturated carbocycles. The monoisotopic (exact) mass is 229 g/mol. The zero-order chi connectivity index (χ0) is 12.3. The number of anilines is 2. The number of aromatic carboxylic acids is 1. The van der Waals surface area contributed by atoms with Gasteiger partial charge in [0.1, 0.15) is 5.82 Å². The molecular weight excluding hydrogens is 218 g/mol. The number of rotatable bonds is 3. The molecule has 2 N–H and O–H groups in total. The summed E-state index contributed by atoms with van der Waals surface area (Å²) in [5.74, 6) is -0.487. The summed E-state index contributed by atoms with van der Waals surface area (Å²) in [5, 5.41) is 11.9. The van der Waals surface area contributed by atoms with Crippen molar-refractivity contribution in [1.29, 1.82) is 0 Å². The Hall–Kier alpha value is -2.43. The molecule has 0 amide bonds. The lowest BCUT2D eigenvalue weighted by Gasteiger charge is -2.07. The van der Waals surface area contributed by atoms with Crippen LogP contribution >= 0.6 is 0 Å². The molecule has 5 nitrogen and oxygen atoms in total. The van der Waals surface area contributed by atoms with Crippen molar-refractivity contribution in [3.63, 3.8) is 0 Å². The number of nitrogens with one attached hydrogen (secondary N) is 1. The molecule has 0 radical (unpaired) electrons. The molecule has 0 fully saturated rings. The van der Waals surface area contributed by atoms with Gasteiger partial charge in [-0.25, -0.2) is 9.78 Å². The number of nitrogens with zero attached hydrogens (tertiary/aromatic N) is 2. The van der Waals surface area contributed by atoms with Crippen LogP contribution in [0, 0.1) is 6.92 Å². The van der Waals surface area contributed by atoms with E-state index in [9.17, 15) is 4.79 Å². The average molecular weight is 229 g/mol. The number of carboxylic acids is 1. The third kappa shape index (κ3) is 2.57. The fraction of sp³-hybridized carbons (Fsp3) is 0.0833. The van der Waals surface area contributed by atoms with Crippen LogP contribution in [-0.2, 0) is 0 Å². The molecule has 0 aliphatic rings. The summed E-state index contributed by atoms with van der Waals surface area (Å²) in [6.45, 7) is 1.94. The second-order valence-electron chi connectivity index (χ2n) is 3.55. The van der Waals surface area contributed by atoms with Crippen LogP contribution in [0.4, 0.5) is 11.5 Å². The topological polar surface area (TPSA) is 75.1 Å². The third-order valence-electron chi connectivity index (χ3n) is 2.31. The highest BCUT2D eigenvalue weighted by Gasteiger charge is 2.05. The van der Waals surface area contributed by atoms with Gasteiger partial charge in [0, 0.05) is 12.4 Å². The van der Waals surface area contributed by atoms with E-state index in [-0.39, 0.29) is 5.56 Å². The molecule has 0 aliphatic carbocycles. The lowest BCUT2D eigenvalue weighted by atomic mass is 10.2. The molecule has 0 atom stereocenters. The molecule has 2 heterocycles. The van der Waals surface area contributed by atoms with Crippen molar-refractivity contribution in [1.82, 2.24) is 9.97 Å². The van der Waals surface area contributed by atoms with E-state index in [2.05, 4.69) is 15.3 Å². The first-order valence-corrected chi connectivity index (χ1v) is 5.04. The van der Waals surface area contributed by atoms with Gasteiger partial charge in [-0.05, 0) is 30.7 Å². The summed E-state index contributed by atoms with van der Waals surface area (Å²) in [4.78, 5) is 18.9. The molecule has 17 heavy (non-hydrogen) atoms. The average Bonchev–Trinajstić information content (AvgIpc) is 2.32. The van der Waals surface area contributed by atoms with Crippen molar-refractivity contribution >= 4 is 17.5 Å². The second kappa shape index (κ2) is 4.61. The zero-order valence-electron chi connectivity index (χ0n) is 9.21. The maximum atomic E-state index is 10.8. The number of carbonyl (C=O) groups is 1. The van der Waals surface area contributed by atoms with Gasteiger partial charge < -0.3 is 10.4 Å². The fourth-order valence-electron chi connectivity index (χ4n) is 1.36. The van der Waals surface area contributed by atoms with Gasteiger partial charge in [-0.1, -0.05) is 0 Å². The van der Waals surface area contributed by atoms with Gasteiger partial charge in [-0.3, -0.25) is 4.98 Å². The van der Waals surface area contributed by atoms with E-state index in [1.54, 1.807) is 12.4 Å². The highest BCUT2D eigenvalue weighted by atomic mass is 16.4. The largest absolute Gasteiger partial charge is 0.478 e. The van der Waals surface area contributed by atoms with E-state index in [0.29, 0.717) is 5.82 Å². The Morgan fingerprint density at radius 3 is 2.88 bits per heavy atom. The number of aromatic nitrogens is 2. The van der Waals surface area contributed by atoms with Gasteiger partial charge in [-0.2, -0.15) is 0 Å². The summed E-state index contributed by atoms with van der Waals surface area (Å²) >= 11 is 0. The van der Waals surface area contributed by atoms with Gasteiger partial charge in [0.15, 0.2) is 0 Å². The van der Waals surface area contributed by atoms with E-state index >= 15 is 0 Å². The van der Waals surface area contributed by atoms with Crippen LogP contribution in [0.5, 0.6) is 0 Å². The highest BCUT2D eigenvalue weighted by molar-refractivity contribution is 5.88. The van der Waals surface area contributed by atoms with Crippen molar-refractivity contribution in [3.05, 3.63) is 47.9 Å². The van der Waals surface area contributed by atoms with Crippen molar-refractivity contribution in [2.45, 2.75) is 6.92 Å². The van der Waals surface area contributed by atoms with Crippen molar-refractivity contribution in [3.8, 4) is 0 Å².